The number of rotatable bonds is 11. The fourth-order valence-corrected chi connectivity index (χ4v) is 6.19. The molecule has 0 aromatic heterocycles. The molecular weight excluding hydrogens is 521 g/mol. The Labute approximate surface area is 216 Å². The van der Waals surface area contributed by atoms with Crippen molar-refractivity contribution in [3.8, 4) is 5.75 Å². The molecule has 0 saturated carbocycles. The van der Waals surface area contributed by atoms with E-state index in [1.165, 1.54) is 13.1 Å². The zero-order chi connectivity index (χ0) is 25.8. The third kappa shape index (κ3) is 6.20. The van der Waals surface area contributed by atoms with Gasteiger partial charge in [-0.15, -0.1) is 0 Å². The van der Waals surface area contributed by atoms with Crippen LogP contribution in [-0.4, -0.2) is 86.9 Å². The van der Waals surface area contributed by atoms with E-state index in [9.17, 15) is 18.0 Å². The summed E-state index contributed by atoms with van der Waals surface area (Å²) in [5.74, 6) is -0.219. The van der Waals surface area contributed by atoms with Crippen molar-refractivity contribution >= 4 is 45.8 Å². The number of nitrogens with zero attached hydrogens (tertiary/aromatic N) is 3. The van der Waals surface area contributed by atoms with Crippen LogP contribution in [0, 0.1) is 5.92 Å². The molecule has 2 heterocycles. The van der Waals surface area contributed by atoms with E-state index >= 15 is 0 Å². The Bertz CT molecular complexity index is 1020. The van der Waals surface area contributed by atoms with Gasteiger partial charge in [0.05, 0.1) is 28.8 Å². The van der Waals surface area contributed by atoms with Crippen LogP contribution in [0.3, 0.4) is 0 Å². The standard InChI is InChI=1S/C22H31Cl2N3O7S/c1-15(2)4-6-17-21(29)27(35(30,31)25(17)3)22(34-14-28)19-16(23)5-7-18(20(19)24)33-13-10-26-8-11-32-12-9-26/h5,7,14-15,17,22H,4,6,8-13H2,1-3H3. The van der Waals surface area contributed by atoms with Gasteiger partial charge in [-0.1, -0.05) is 37.0 Å². The molecule has 2 atom stereocenters. The molecule has 3 rings (SSSR count). The summed E-state index contributed by atoms with van der Waals surface area (Å²) in [6.45, 7) is 7.85. The topological polar surface area (TPSA) is 106 Å². The Morgan fingerprint density at radius 2 is 1.91 bits per heavy atom. The van der Waals surface area contributed by atoms with Gasteiger partial charge in [0.25, 0.3) is 12.4 Å². The average Bonchev–Trinajstić information content (AvgIpc) is 2.97. The predicted octanol–water partition coefficient (Wildman–Crippen LogP) is 2.70. The van der Waals surface area contributed by atoms with Crippen molar-refractivity contribution in [3.63, 3.8) is 0 Å². The number of hydrogen-bond donors (Lipinski definition) is 0. The Kier molecular flexibility index (Phi) is 9.64. The van der Waals surface area contributed by atoms with Gasteiger partial charge in [-0.05, 0) is 30.9 Å². The lowest BCUT2D eigenvalue weighted by atomic mass is 10.0. The van der Waals surface area contributed by atoms with Crippen LogP contribution in [0.4, 0.5) is 0 Å². The van der Waals surface area contributed by atoms with Gasteiger partial charge in [-0.25, -0.2) is 0 Å². The van der Waals surface area contributed by atoms with Crippen LogP contribution in [-0.2, 0) is 29.3 Å². The minimum absolute atomic E-state index is 0.0265. The number of ether oxygens (including phenoxy) is 3. The number of morpholine rings is 1. The highest BCUT2D eigenvalue weighted by Gasteiger charge is 2.53. The van der Waals surface area contributed by atoms with E-state index in [0.29, 0.717) is 43.5 Å². The lowest BCUT2D eigenvalue weighted by molar-refractivity contribution is -0.147. The maximum absolute atomic E-state index is 13.3. The number of amides is 1. The summed E-state index contributed by atoms with van der Waals surface area (Å²) in [6, 6.07) is 2.08. The predicted molar refractivity (Wildman–Crippen MR) is 130 cm³/mol. The molecule has 0 radical (unpaired) electrons. The van der Waals surface area contributed by atoms with Crippen LogP contribution in [0.5, 0.6) is 5.75 Å². The fraction of sp³-hybridized carbons (Fsp3) is 0.636. The molecule has 13 heteroatoms. The Morgan fingerprint density at radius 3 is 2.54 bits per heavy atom. The smallest absolute Gasteiger partial charge is 0.310 e. The van der Waals surface area contributed by atoms with Gasteiger partial charge < -0.3 is 14.2 Å². The maximum Gasteiger partial charge on any atom is 0.310 e. The van der Waals surface area contributed by atoms with Gasteiger partial charge >= 0.3 is 10.2 Å². The molecule has 0 N–H and O–H groups in total. The molecule has 2 unspecified atom stereocenters. The summed E-state index contributed by atoms with van der Waals surface area (Å²) in [6.07, 6.45) is -0.723. The molecule has 2 saturated heterocycles. The Balaban J connectivity index is 1.89. The summed E-state index contributed by atoms with van der Waals surface area (Å²) in [5, 5.41) is -0.0127. The number of hydrogen-bond acceptors (Lipinski definition) is 8. The highest BCUT2D eigenvalue weighted by Crippen LogP contribution is 2.43. The van der Waals surface area contributed by atoms with E-state index in [2.05, 4.69) is 4.90 Å². The number of benzene rings is 1. The summed E-state index contributed by atoms with van der Waals surface area (Å²) in [4.78, 5) is 26.8. The lowest BCUT2D eigenvalue weighted by Gasteiger charge is -2.28. The second kappa shape index (κ2) is 12.1. The van der Waals surface area contributed by atoms with Gasteiger partial charge in [-0.2, -0.15) is 17.0 Å². The van der Waals surface area contributed by atoms with E-state index in [1.807, 2.05) is 13.8 Å². The monoisotopic (exact) mass is 551 g/mol. The van der Waals surface area contributed by atoms with Crippen LogP contribution < -0.4 is 4.74 Å². The highest BCUT2D eigenvalue weighted by atomic mass is 35.5. The van der Waals surface area contributed by atoms with Gasteiger partial charge in [-0.3, -0.25) is 14.5 Å². The third-order valence-electron chi connectivity index (χ3n) is 6.08. The first kappa shape index (κ1) is 27.9. The molecule has 1 amide bonds. The SMILES string of the molecule is CC(C)CCC1C(=O)N(C(OC=O)c2c(Cl)ccc(OCCN3CCOCC3)c2Cl)S(=O)(=O)N1C. The first-order valence-corrected chi connectivity index (χ1v) is 13.6. The lowest BCUT2D eigenvalue weighted by Crippen LogP contribution is -2.38. The second-order valence-electron chi connectivity index (χ2n) is 8.81. The van der Waals surface area contributed by atoms with Gasteiger partial charge in [0, 0.05) is 26.7 Å². The van der Waals surface area contributed by atoms with Gasteiger partial charge in [0.15, 0.2) is 0 Å². The van der Waals surface area contributed by atoms with Crippen LogP contribution >= 0.6 is 23.2 Å². The van der Waals surface area contributed by atoms with E-state index in [0.717, 1.165) is 17.4 Å². The Morgan fingerprint density at radius 1 is 1.23 bits per heavy atom. The number of carbonyl (C=O) groups is 2. The minimum atomic E-state index is -4.30. The normalized spacial score (nSPS) is 21.9. The molecule has 1 aromatic rings. The summed E-state index contributed by atoms with van der Waals surface area (Å²) >= 11 is 13.0. The minimum Gasteiger partial charge on any atom is -0.491 e. The third-order valence-corrected chi connectivity index (χ3v) is 8.65. The van der Waals surface area contributed by atoms with Gasteiger partial charge in [0.1, 0.15) is 18.4 Å². The van der Waals surface area contributed by atoms with E-state index in [-0.39, 0.29) is 33.7 Å². The van der Waals surface area contributed by atoms with Crippen molar-refractivity contribution in [1.82, 2.24) is 13.5 Å². The molecule has 0 spiro atoms. The molecule has 196 valence electrons. The fourth-order valence-electron chi connectivity index (χ4n) is 4.04. The number of likely N-dealkylation sites (N-methyl/N-ethyl adjacent to an activating group) is 1. The largest absolute Gasteiger partial charge is 0.491 e. The molecular formula is C22H31Cl2N3O7S. The molecule has 10 nitrogen and oxygen atoms in total. The van der Waals surface area contributed by atoms with Crippen LogP contribution in [0.25, 0.3) is 0 Å². The van der Waals surface area contributed by atoms with Crippen LogP contribution in [0.1, 0.15) is 38.5 Å². The number of carbonyl (C=O) groups excluding carboxylic acids is 2. The molecule has 2 aliphatic heterocycles. The van der Waals surface area contributed by atoms with Crippen molar-refractivity contribution in [2.45, 2.75) is 39.0 Å². The Hall–Kier alpha value is -1.63. The molecule has 1 aromatic carbocycles. The quantitative estimate of drug-likeness (QED) is 0.386. The molecule has 2 aliphatic rings. The summed E-state index contributed by atoms with van der Waals surface area (Å²) in [7, 11) is -2.98. The molecule has 35 heavy (non-hydrogen) atoms. The van der Waals surface area contributed by atoms with Crippen molar-refractivity contribution in [3.05, 3.63) is 27.7 Å². The van der Waals surface area contributed by atoms with E-state index in [4.69, 9.17) is 37.4 Å². The molecule has 0 aliphatic carbocycles. The van der Waals surface area contributed by atoms with Crippen LogP contribution in [0.15, 0.2) is 12.1 Å². The summed E-state index contributed by atoms with van der Waals surface area (Å²) < 4.78 is 44.2. The van der Waals surface area contributed by atoms with Crippen molar-refractivity contribution in [2.75, 3.05) is 46.5 Å². The summed E-state index contributed by atoms with van der Waals surface area (Å²) in [5.41, 5.74) is -0.0425. The zero-order valence-electron chi connectivity index (χ0n) is 20.0. The average molecular weight is 552 g/mol. The molecule has 0 bridgehead atoms. The van der Waals surface area contributed by atoms with Crippen molar-refractivity contribution in [1.29, 1.82) is 0 Å². The number of halogens is 2. The van der Waals surface area contributed by atoms with Crippen LogP contribution in [0.2, 0.25) is 10.0 Å². The maximum atomic E-state index is 13.3. The first-order valence-electron chi connectivity index (χ1n) is 11.4. The van der Waals surface area contributed by atoms with Gasteiger partial charge in [0.2, 0.25) is 6.23 Å². The van der Waals surface area contributed by atoms with E-state index < -0.39 is 28.4 Å². The van der Waals surface area contributed by atoms with E-state index in [1.54, 1.807) is 6.07 Å². The molecule has 2 fully saturated rings. The van der Waals surface area contributed by atoms with Crippen molar-refractivity contribution < 1.29 is 32.2 Å². The zero-order valence-corrected chi connectivity index (χ0v) is 22.3. The highest BCUT2D eigenvalue weighted by molar-refractivity contribution is 7.87. The second-order valence-corrected chi connectivity index (χ2v) is 11.5. The first-order chi connectivity index (χ1) is 16.6. The van der Waals surface area contributed by atoms with Crippen molar-refractivity contribution in [2.24, 2.45) is 5.92 Å².